The van der Waals surface area contributed by atoms with Crippen molar-refractivity contribution in [1.82, 2.24) is 24.7 Å². The molecule has 0 unspecified atom stereocenters. The second-order valence-electron chi connectivity index (χ2n) is 6.96. The summed E-state index contributed by atoms with van der Waals surface area (Å²) in [6, 6.07) is 5.03. The minimum Gasteiger partial charge on any atom is -0.481 e. The summed E-state index contributed by atoms with van der Waals surface area (Å²) in [6.07, 6.45) is -2.25. The number of imidazole rings is 1. The van der Waals surface area contributed by atoms with Crippen LogP contribution in [0.4, 0.5) is 13.2 Å². The van der Waals surface area contributed by atoms with Crippen LogP contribution in [0, 0.1) is 12.8 Å². The SMILES string of the molecule is COc1cccc(-c2cc(C)n3cnc(C(=O)N[C@H](C4CC4)C(F)(F)F)c3n2)n1. The van der Waals surface area contributed by atoms with Gasteiger partial charge in [0.05, 0.1) is 18.5 Å². The van der Waals surface area contributed by atoms with Gasteiger partial charge in [0.1, 0.15) is 12.4 Å². The maximum atomic E-state index is 13.3. The van der Waals surface area contributed by atoms with E-state index < -0.39 is 24.0 Å². The van der Waals surface area contributed by atoms with Crippen LogP contribution in [0.2, 0.25) is 0 Å². The fourth-order valence-electron chi connectivity index (χ4n) is 3.19. The zero-order valence-electron chi connectivity index (χ0n) is 15.7. The molecule has 1 amide bonds. The maximum absolute atomic E-state index is 13.3. The first-order valence-electron chi connectivity index (χ1n) is 9.01. The van der Waals surface area contributed by atoms with E-state index in [4.69, 9.17) is 4.74 Å². The number of pyridine rings is 1. The van der Waals surface area contributed by atoms with Crippen LogP contribution in [0.15, 0.2) is 30.6 Å². The van der Waals surface area contributed by atoms with Crippen molar-refractivity contribution in [2.45, 2.75) is 32.0 Å². The number of fused-ring (bicyclic) bond motifs is 1. The van der Waals surface area contributed by atoms with E-state index in [1.54, 1.807) is 35.6 Å². The lowest BCUT2D eigenvalue weighted by molar-refractivity contribution is -0.158. The van der Waals surface area contributed by atoms with Gasteiger partial charge in [-0.05, 0) is 37.8 Å². The lowest BCUT2D eigenvalue weighted by Crippen LogP contribution is -2.47. The van der Waals surface area contributed by atoms with E-state index in [-0.39, 0.29) is 11.3 Å². The van der Waals surface area contributed by atoms with Gasteiger partial charge in [0.15, 0.2) is 11.3 Å². The van der Waals surface area contributed by atoms with E-state index in [1.165, 1.54) is 13.4 Å². The van der Waals surface area contributed by atoms with Gasteiger partial charge in [-0.2, -0.15) is 13.2 Å². The molecule has 3 aromatic heterocycles. The highest BCUT2D eigenvalue weighted by Crippen LogP contribution is 2.40. The number of methoxy groups -OCH3 is 1. The zero-order chi connectivity index (χ0) is 20.8. The van der Waals surface area contributed by atoms with E-state index >= 15 is 0 Å². The number of rotatable bonds is 5. The molecule has 29 heavy (non-hydrogen) atoms. The number of hydrogen-bond acceptors (Lipinski definition) is 5. The first kappa shape index (κ1) is 19.2. The fourth-order valence-corrected chi connectivity index (χ4v) is 3.19. The lowest BCUT2D eigenvalue weighted by atomic mass is 10.1. The van der Waals surface area contributed by atoms with Crippen molar-refractivity contribution >= 4 is 11.6 Å². The van der Waals surface area contributed by atoms with E-state index in [2.05, 4.69) is 20.3 Å². The van der Waals surface area contributed by atoms with Crippen molar-refractivity contribution in [1.29, 1.82) is 0 Å². The third kappa shape index (κ3) is 3.74. The Balaban J connectivity index is 1.72. The number of amides is 1. The molecule has 1 aliphatic carbocycles. The van der Waals surface area contributed by atoms with Crippen molar-refractivity contribution in [2.24, 2.45) is 5.92 Å². The van der Waals surface area contributed by atoms with Crippen LogP contribution in [-0.2, 0) is 0 Å². The van der Waals surface area contributed by atoms with Gasteiger partial charge in [-0.1, -0.05) is 6.07 Å². The minimum atomic E-state index is -4.51. The molecule has 10 heteroatoms. The predicted octanol–water partition coefficient (Wildman–Crippen LogP) is 3.18. The normalized spacial score (nSPS) is 15.3. The summed E-state index contributed by atoms with van der Waals surface area (Å²) in [6.45, 7) is 1.78. The molecule has 0 bridgehead atoms. The Hall–Kier alpha value is -3.17. The van der Waals surface area contributed by atoms with Gasteiger partial charge in [-0.25, -0.2) is 15.0 Å². The number of nitrogens with zero attached hydrogens (tertiary/aromatic N) is 4. The summed E-state index contributed by atoms with van der Waals surface area (Å²) >= 11 is 0. The molecule has 7 nitrogen and oxygen atoms in total. The number of aromatic nitrogens is 4. The standard InChI is InChI=1S/C19H18F3N5O2/c1-10-8-13(12-4-3-5-14(24-12)29-2)25-17-15(23-9-27(10)17)18(28)26-16(11-6-7-11)19(20,21)22/h3-5,8-9,11,16H,6-7H2,1-2H3,(H,26,28)/t16-/m1/s1. The number of halogens is 3. The molecule has 3 heterocycles. The van der Waals surface area contributed by atoms with E-state index in [1.807, 2.05) is 0 Å². The van der Waals surface area contributed by atoms with Crippen molar-refractivity contribution in [3.8, 4) is 17.3 Å². The van der Waals surface area contributed by atoms with Crippen molar-refractivity contribution in [3.63, 3.8) is 0 Å². The number of alkyl halides is 3. The van der Waals surface area contributed by atoms with Crippen LogP contribution >= 0.6 is 0 Å². The number of ether oxygens (including phenoxy) is 1. The zero-order valence-corrected chi connectivity index (χ0v) is 15.7. The number of nitrogens with one attached hydrogen (secondary N) is 1. The molecule has 152 valence electrons. The highest BCUT2D eigenvalue weighted by atomic mass is 19.4. The summed E-state index contributed by atoms with van der Waals surface area (Å²) < 4.78 is 46.5. The first-order valence-corrected chi connectivity index (χ1v) is 9.01. The molecule has 0 saturated heterocycles. The lowest BCUT2D eigenvalue weighted by Gasteiger charge is -2.20. The van der Waals surface area contributed by atoms with Crippen LogP contribution < -0.4 is 10.1 Å². The van der Waals surface area contributed by atoms with Gasteiger partial charge in [-0.3, -0.25) is 9.20 Å². The van der Waals surface area contributed by atoms with Gasteiger partial charge >= 0.3 is 6.18 Å². The van der Waals surface area contributed by atoms with E-state index in [9.17, 15) is 18.0 Å². The van der Waals surface area contributed by atoms with Crippen LogP contribution in [0.25, 0.3) is 17.0 Å². The Bertz CT molecular complexity index is 1080. The molecule has 1 aliphatic rings. The van der Waals surface area contributed by atoms with Crippen LogP contribution in [-0.4, -0.2) is 44.6 Å². The topological polar surface area (TPSA) is 81.4 Å². The van der Waals surface area contributed by atoms with Gasteiger partial charge in [0.2, 0.25) is 5.88 Å². The Morgan fingerprint density at radius 2 is 2.03 bits per heavy atom. The fraction of sp³-hybridized carbons (Fsp3) is 0.368. The molecule has 1 atom stereocenters. The predicted molar refractivity (Wildman–Crippen MR) is 97.5 cm³/mol. The van der Waals surface area contributed by atoms with Crippen molar-refractivity contribution < 1.29 is 22.7 Å². The molecule has 1 saturated carbocycles. The number of hydrogen-bond donors (Lipinski definition) is 1. The minimum absolute atomic E-state index is 0.159. The molecule has 1 N–H and O–H groups in total. The Morgan fingerprint density at radius 3 is 2.69 bits per heavy atom. The Morgan fingerprint density at radius 1 is 1.28 bits per heavy atom. The summed E-state index contributed by atoms with van der Waals surface area (Å²) in [7, 11) is 1.49. The Labute approximate surface area is 164 Å². The van der Waals surface area contributed by atoms with Crippen LogP contribution in [0.3, 0.4) is 0 Å². The average Bonchev–Trinajstić information content (AvgIpc) is 3.42. The second kappa shape index (κ2) is 7.02. The molecule has 4 rings (SSSR count). The molecule has 3 aromatic rings. The third-order valence-corrected chi connectivity index (χ3v) is 4.84. The summed E-state index contributed by atoms with van der Waals surface area (Å²) in [5.41, 5.74) is 1.67. The van der Waals surface area contributed by atoms with Crippen molar-refractivity contribution in [3.05, 3.63) is 42.0 Å². The first-order chi connectivity index (χ1) is 13.8. The summed E-state index contributed by atoms with van der Waals surface area (Å²) in [4.78, 5) is 25.4. The van der Waals surface area contributed by atoms with E-state index in [0.717, 1.165) is 0 Å². The molecule has 0 aliphatic heterocycles. The van der Waals surface area contributed by atoms with Gasteiger partial charge < -0.3 is 10.1 Å². The van der Waals surface area contributed by atoms with Gasteiger partial charge in [0, 0.05) is 11.8 Å². The third-order valence-electron chi connectivity index (χ3n) is 4.84. The van der Waals surface area contributed by atoms with Gasteiger partial charge in [-0.15, -0.1) is 0 Å². The molecule has 0 radical (unpaired) electrons. The Kier molecular flexibility index (Phi) is 4.64. The molecule has 0 spiro atoms. The molecular weight excluding hydrogens is 387 g/mol. The number of carbonyl (C=O) groups is 1. The molecular formula is C19H18F3N5O2. The number of carbonyl (C=O) groups excluding carboxylic acids is 1. The monoisotopic (exact) mass is 405 g/mol. The van der Waals surface area contributed by atoms with Crippen LogP contribution in [0.5, 0.6) is 5.88 Å². The average molecular weight is 405 g/mol. The maximum Gasteiger partial charge on any atom is 0.408 e. The number of aryl methyl sites for hydroxylation is 1. The molecule has 1 fully saturated rings. The highest BCUT2D eigenvalue weighted by Gasteiger charge is 2.50. The second-order valence-corrected chi connectivity index (χ2v) is 6.96. The van der Waals surface area contributed by atoms with Crippen LogP contribution in [0.1, 0.15) is 29.0 Å². The summed E-state index contributed by atoms with van der Waals surface area (Å²) in [5.74, 6) is -1.09. The molecule has 0 aromatic carbocycles. The largest absolute Gasteiger partial charge is 0.481 e. The van der Waals surface area contributed by atoms with Gasteiger partial charge in [0.25, 0.3) is 5.91 Å². The van der Waals surface area contributed by atoms with E-state index in [0.29, 0.717) is 35.8 Å². The smallest absolute Gasteiger partial charge is 0.408 e. The summed E-state index contributed by atoms with van der Waals surface area (Å²) in [5, 5.41) is 2.09. The quantitative estimate of drug-likeness (QED) is 0.705. The van der Waals surface area contributed by atoms with Crippen molar-refractivity contribution in [2.75, 3.05) is 7.11 Å². The highest BCUT2D eigenvalue weighted by molar-refractivity contribution is 5.98.